The minimum Gasteiger partial charge on any atom is -0.376 e. The maximum Gasteiger partial charge on any atom is 0.166 e. The lowest BCUT2D eigenvalue weighted by molar-refractivity contribution is 0.544. The summed E-state index contributed by atoms with van der Waals surface area (Å²) in [5.74, 6) is 1.99. The zero-order valence-corrected chi connectivity index (χ0v) is 12.8. The van der Waals surface area contributed by atoms with E-state index in [0.29, 0.717) is 10.2 Å². The zero-order chi connectivity index (χ0) is 12.6. The van der Waals surface area contributed by atoms with Gasteiger partial charge in [-0.3, -0.25) is 0 Å². The van der Waals surface area contributed by atoms with E-state index in [-0.39, 0.29) is 0 Å². The Labute approximate surface area is 116 Å². The summed E-state index contributed by atoms with van der Waals surface area (Å²) in [6, 6.07) is 0. The van der Waals surface area contributed by atoms with Gasteiger partial charge in [0.2, 0.25) is 0 Å². The smallest absolute Gasteiger partial charge is 0.166 e. The fourth-order valence-corrected chi connectivity index (χ4v) is 2.96. The fourth-order valence-electron chi connectivity index (χ4n) is 0.687. The van der Waals surface area contributed by atoms with Gasteiger partial charge in [0.1, 0.15) is 0 Å². The van der Waals surface area contributed by atoms with Crippen molar-refractivity contribution in [1.82, 2.24) is 9.80 Å². The molecule has 0 aromatic rings. The van der Waals surface area contributed by atoms with Crippen LogP contribution in [-0.2, 0) is 0 Å². The molecule has 4 N–H and O–H groups in total. The summed E-state index contributed by atoms with van der Waals surface area (Å²) in [5, 5.41) is 0.887. The van der Waals surface area contributed by atoms with E-state index in [1.165, 1.54) is 0 Å². The molecule has 0 spiro atoms. The molecule has 0 aliphatic rings. The molecule has 0 heterocycles. The van der Waals surface area contributed by atoms with E-state index in [2.05, 4.69) is 0 Å². The molecule has 0 aromatic heterocycles. The molecular weight excluding hydrogens is 280 g/mol. The Hall–Kier alpha value is 0.0800. The standard InChI is InChI=1S/C8H18N4S4/c1-11(7(9)13)3-5-15-16-6-4-12(2)8(10)14/h3-6H2,1-2H3,(H2,9,13)(H2,10,14). The third-order valence-electron chi connectivity index (χ3n) is 1.86. The monoisotopic (exact) mass is 298 g/mol. The topological polar surface area (TPSA) is 58.5 Å². The quantitative estimate of drug-likeness (QED) is 0.405. The summed E-state index contributed by atoms with van der Waals surface area (Å²) in [5.41, 5.74) is 10.9. The predicted octanol–water partition coefficient (Wildman–Crippen LogP) is 0.719. The Bertz CT molecular complexity index is 212. The van der Waals surface area contributed by atoms with E-state index in [1.54, 1.807) is 21.6 Å². The molecule has 0 aliphatic heterocycles. The first-order valence-electron chi connectivity index (χ1n) is 4.70. The van der Waals surface area contributed by atoms with E-state index in [9.17, 15) is 0 Å². The molecule has 0 rings (SSSR count). The number of thiocarbonyl (C=S) groups is 2. The van der Waals surface area contributed by atoms with Crippen LogP contribution in [0, 0.1) is 0 Å². The van der Waals surface area contributed by atoms with Gasteiger partial charge in [0.05, 0.1) is 0 Å². The number of hydrogen-bond acceptors (Lipinski definition) is 4. The number of rotatable bonds is 7. The maximum absolute atomic E-state index is 5.46. The Kier molecular flexibility index (Phi) is 9.19. The normalized spacial score (nSPS) is 9.88. The minimum atomic E-state index is 0.443. The first-order valence-corrected chi connectivity index (χ1v) is 8.01. The van der Waals surface area contributed by atoms with Gasteiger partial charge in [0.25, 0.3) is 0 Å². The molecule has 0 unspecified atom stereocenters. The van der Waals surface area contributed by atoms with Gasteiger partial charge in [-0.2, -0.15) is 0 Å². The minimum absolute atomic E-state index is 0.443. The first-order chi connectivity index (χ1) is 7.45. The summed E-state index contributed by atoms with van der Waals surface area (Å²) >= 11 is 9.67. The van der Waals surface area contributed by atoms with Crippen LogP contribution in [0.5, 0.6) is 0 Å². The van der Waals surface area contributed by atoms with Crippen LogP contribution in [0.3, 0.4) is 0 Å². The van der Waals surface area contributed by atoms with Gasteiger partial charge in [-0.25, -0.2) is 0 Å². The summed E-state index contributed by atoms with van der Waals surface area (Å²) in [4.78, 5) is 3.73. The third-order valence-corrected chi connectivity index (χ3v) is 4.84. The zero-order valence-electron chi connectivity index (χ0n) is 9.51. The van der Waals surface area contributed by atoms with Gasteiger partial charge in [0, 0.05) is 38.7 Å². The van der Waals surface area contributed by atoms with Crippen molar-refractivity contribution >= 4 is 56.2 Å². The molecule has 0 aliphatic carbocycles. The molecule has 8 heteroatoms. The third kappa shape index (κ3) is 8.26. The maximum atomic E-state index is 5.46. The van der Waals surface area contributed by atoms with Crippen LogP contribution in [0.2, 0.25) is 0 Å². The lowest BCUT2D eigenvalue weighted by Gasteiger charge is -2.17. The summed E-state index contributed by atoms with van der Waals surface area (Å²) in [7, 11) is 7.40. The van der Waals surface area contributed by atoms with Gasteiger partial charge in [-0.15, -0.1) is 0 Å². The molecule has 0 radical (unpaired) electrons. The Morgan fingerprint density at radius 2 is 1.25 bits per heavy atom. The van der Waals surface area contributed by atoms with Gasteiger partial charge < -0.3 is 21.3 Å². The van der Waals surface area contributed by atoms with Gasteiger partial charge >= 0.3 is 0 Å². The highest BCUT2D eigenvalue weighted by molar-refractivity contribution is 8.76. The molecule has 0 saturated carbocycles. The molecule has 0 fully saturated rings. The molecule has 16 heavy (non-hydrogen) atoms. The first kappa shape index (κ1) is 16.1. The largest absolute Gasteiger partial charge is 0.376 e. The Morgan fingerprint density at radius 1 is 0.938 bits per heavy atom. The summed E-state index contributed by atoms with van der Waals surface area (Å²) in [6.07, 6.45) is 0. The van der Waals surface area contributed by atoms with E-state index < -0.39 is 0 Å². The van der Waals surface area contributed by atoms with Crippen molar-refractivity contribution in [3.8, 4) is 0 Å². The molecule has 0 atom stereocenters. The molecule has 94 valence electrons. The van der Waals surface area contributed by atoms with Gasteiger partial charge in [0.15, 0.2) is 10.2 Å². The Morgan fingerprint density at radius 3 is 1.50 bits per heavy atom. The van der Waals surface area contributed by atoms with E-state index in [0.717, 1.165) is 24.6 Å². The number of nitrogens with two attached hydrogens (primary N) is 2. The van der Waals surface area contributed by atoms with Crippen molar-refractivity contribution in [3.63, 3.8) is 0 Å². The van der Waals surface area contributed by atoms with Gasteiger partial charge in [-0.1, -0.05) is 21.6 Å². The van der Waals surface area contributed by atoms with Crippen molar-refractivity contribution in [3.05, 3.63) is 0 Å². The average Bonchev–Trinajstić information content (AvgIpc) is 2.21. The highest BCUT2D eigenvalue weighted by atomic mass is 33.1. The van der Waals surface area contributed by atoms with Gasteiger partial charge in [-0.05, 0) is 24.4 Å². The van der Waals surface area contributed by atoms with Crippen LogP contribution in [0.4, 0.5) is 0 Å². The lowest BCUT2D eigenvalue weighted by Crippen LogP contribution is -2.33. The van der Waals surface area contributed by atoms with Crippen LogP contribution >= 0.6 is 46.0 Å². The molecule has 0 amide bonds. The predicted molar refractivity (Wildman–Crippen MR) is 83.7 cm³/mol. The Balaban J connectivity index is 3.34. The van der Waals surface area contributed by atoms with E-state index >= 15 is 0 Å². The van der Waals surface area contributed by atoms with Crippen molar-refractivity contribution in [2.75, 3.05) is 38.7 Å². The highest BCUT2D eigenvalue weighted by Gasteiger charge is 2.01. The molecular formula is C8H18N4S4. The molecule has 0 aromatic carbocycles. The summed E-state index contributed by atoms with van der Waals surface area (Å²) in [6.45, 7) is 1.75. The molecule has 4 nitrogen and oxygen atoms in total. The van der Waals surface area contributed by atoms with E-state index in [1.807, 2.05) is 23.9 Å². The highest BCUT2D eigenvalue weighted by Crippen LogP contribution is 2.20. The lowest BCUT2D eigenvalue weighted by atomic mass is 10.6. The number of hydrogen-bond donors (Lipinski definition) is 2. The second kappa shape index (κ2) is 9.15. The molecule has 0 saturated heterocycles. The van der Waals surface area contributed by atoms with Crippen molar-refractivity contribution in [2.45, 2.75) is 0 Å². The second-order valence-corrected chi connectivity index (χ2v) is 6.70. The second-order valence-electron chi connectivity index (χ2n) is 3.16. The number of nitrogens with zero attached hydrogens (tertiary/aromatic N) is 2. The van der Waals surface area contributed by atoms with Crippen LogP contribution in [0.25, 0.3) is 0 Å². The van der Waals surface area contributed by atoms with Crippen molar-refractivity contribution in [1.29, 1.82) is 0 Å². The fraction of sp³-hybridized carbons (Fsp3) is 0.750. The van der Waals surface area contributed by atoms with Crippen LogP contribution < -0.4 is 11.5 Å². The summed E-state index contributed by atoms with van der Waals surface area (Å²) < 4.78 is 0. The van der Waals surface area contributed by atoms with Crippen molar-refractivity contribution < 1.29 is 0 Å². The van der Waals surface area contributed by atoms with Crippen LogP contribution in [0.1, 0.15) is 0 Å². The van der Waals surface area contributed by atoms with Crippen molar-refractivity contribution in [2.24, 2.45) is 11.5 Å². The van der Waals surface area contributed by atoms with Crippen LogP contribution in [0.15, 0.2) is 0 Å². The average molecular weight is 299 g/mol. The SMILES string of the molecule is CN(CCSSCCN(C)C(N)=S)C(N)=S. The van der Waals surface area contributed by atoms with Crippen LogP contribution in [-0.4, -0.2) is 58.7 Å². The van der Waals surface area contributed by atoms with E-state index in [4.69, 9.17) is 35.9 Å². The molecule has 0 bridgehead atoms.